The molecule has 3 nitrogen and oxygen atoms in total. The number of ether oxygens (including phenoxy) is 1. The number of carbonyl (C=O) groups excluding carboxylic acids is 1. The summed E-state index contributed by atoms with van der Waals surface area (Å²) >= 11 is 0. The molecule has 3 heteroatoms. The van der Waals surface area contributed by atoms with E-state index in [9.17, 15) is 4.79 Å². The van der Waals surface area contributed by atoms with Gasteiger partial charge >= 0.3 is 0 Å². The minimum absolute atomic E-state index is 0.114. The third-order valence-corrected chi connectivity index (χ3v) is 4.94. The van der Waals surface area contributed by atoms with Gasteiger partial charge in [-0.15, -0.1) is 0 Å². The number of allylic oxidation sites excluding steroid dienone is 1. The summed E-state index contributed by atoms with van der Waals surface area (Å²) in [6, 6.07) is 23.4. The molecule has 0 fully saturated rings. The molecule has 0 bridgehead atoms. The fourth-order valence-corrected chi connectivity index (χ4v) is 3.17. The molecule has 0 radical (unpaired) electrons. The highest BCUT2D eigenvalue weighted by molar-refractivity contribution is 6.08. The zero-order chi connectivity index (χ0) is 20.2. The van der Waals surface area contributed by atoms with Crippen molar-refractivity contribution >= 4 is 22.8 Å². The van der Waals surface area contributed by atoms with E-state index >= 15 is 0 Å². The van der Waals surface area contributed by atoms with Gasteiger partial charge in [-0.1, -0.05) is 48.5 Å². The smallest absolute Gasteiger partial charge is 0.189 e. The minimum atomic E-state index is -0.114. The van der Waals surface area contributed by atoms with Crippen LogP contribution in [0.4, 0.5) is 0 Å². The van der Waals surface area contributed by atoms with Gasteiger partial charge in [0.25, 0.3) is 0 Å². The highest BCUT2D eigenvalue weighted by Crippen LogP contribution is 2.26. The Kier molecular flexibility index (Phi) is 5.30. The number of hydrogen-bond donors (Lipinski definition) is 0. The van der Waals surface area contributed by atoms with Crippen LogP contribution in [0.15, 0.2) is 83.3 Å². The Balaban J connectivity index is 1.58. The monoisotopic (exact) mass is 382 g/mol. The van der Waals surface area contributed by atoms with Crippen LogP contribution in [0.25, 0.3) is 17.0 Å². The lowest BCUT2D eigenvalue weighted by molar-refractivity contribution is 0.104. The van der Waals surface area contributed by atoms with Gasteiger partial charge < -0.3 is 9.15 Å². The molecule has 1 heterocycles. The average Bonchev–Trinajstić information content (AvgIpc) is 3.16. The molecular formula is C26H22O3. The van der Waals surface area contributed by atoms with Crippen molar-refractivity contribution < 1.29 is 13.9 Å². The SMILES string of the molecule is Cc1cc(OCc2ccccc2)c(C(=O)C=Cc2cc3ccccc3o2)cc1C. The van der Waals surface area contributed by atoms with E-state index in [1.807, 2.05) is 86.6 Å². The van der Waals surface area contributed by atoms with Crippen LogP contribution in [0.3, 0.4) is 0 Å². The van der Waals surface area contributed by atoms with Crippen LogP contribution in [-0.4, -0.2) is 5.78 Å². The van der Waals surface area contributed by atoms with E-state index in [1.165, 1.54) is 6.08 Å². The fourth-order valence-electron chi connectivity index (χ4n) is 3.17. The summed E-state index contributed by atoms with van der Waals surface area (Å²) in [5, 5.41) is 1.01. The van der Waals surface area contributed by atoms with Gasteiger partial charge in [-0.05, 0) is 67.0 Å². The van der Waals surface area contributed by atoms with E-state index < -0.39 is 0 Å². The van der Waals surface area contributed by atoms with Crippen molar-refractivity contribution in [3.05, 3.63) is 107 Å². The lowest BCUT2D eigenvalue weighted by atomic mass is 10.0. The van der Waals surface area contributed by atoms with Crippen LogP contribution in [0.5, 0.6) is 5.75 Å². The predicted octanol–water partition coefficient (Wildman–Crippen LogP) is 6.52. The quantitative estimate of drug-likeness (QED) is 0.281. The summed E-state index contributed by atoms with van der Waals surface area (Å²) in [5.41, 5.74) is 4.56. The maximum Gasteiger partial charge on any atom is 0.189 e. The topological polar surface area (TPSA) is 39.4 Å². The Bertz CT molecular complexity index is 1150. The van der Waals surface area contributed by atoms with Crippen molar-refractivity contribution in [3.63, 3.8) is 0 Å². The van der Waals surface area contributed by atoms with Gasteiger partial charge in [0, 0.05) is 5.39 Å². The second-order valence-corrected chi connectivity index (χ2v) is 7.09. The van der Waals surface area contributed by atoms with E-state index in [0.717, 1.165) is 27.7 Å². The molecule has 0 atom stereocenters. The first-order chi connectivity index (χ1) is 14.1. The summed E-state index contributed by atoms with van der Waals surface area (Å²) in [6.45, 7) is 4.43. The Morgan fingerprint density at radius 3 is 2.45 bits per heavy atom. The largest absolute Gasteiger partial charge is 0.488 e. The Morgan fingerprint density at radius 2 is 1.66 bits per heavy atom. The van der Waals surface area contributed by atoms with E-state index in [0.29, 0.717) is 23.7 Å². The molecule has 0 amide bonds. The van der Waals surface area contributed by atoms with Gasteiger partial charge in [-0.25, -0.2) is 0 Å². The maximum atomic E-state index is 12.9. The number of benzene rings is 3. The number of aryl methyl sites for hydroxylation is 2. The van der Waals surface area contributed by atoms with Crippen molar-refractivity contribution in [2.45, 2.75) is 20.5 Å². The number of carbonyl (C=O) groups is 1. The second-order valence-electron chi connectivity index (χ2n) is 7.09. The number of furan rings is 1. The van der Waals surface area contributed by atoms with Crippen LogP contribution in [0.2, 0.25) is 0 Å². The van der Waals surface area contributed by atoms with E-state index in [1.54, 1.807) is 6.08 Å². The van der Waals surface area contributed by atoms with Gasteiger partial charge in [0.1, 0.15) is 23.7 Å². The molecule has 0 N–H and O–H groups in total. The van der Waals surface area contributed by atoms with Gasteiger partial charge in [0.2, 0.25) is 0 Å². The number of hydrogen-bond acceptors (Lipinski definition) is 3. The minimum Gasteiger partial charge on any atom is -0.488 e. The molecule has 0 saturated carbocycles. The molecule has 0 saturated heterocycles. The van der Waals surface area contributed by atoms with Crippen molar-refractivity contribution in [1.29, 1.82) is 0 Å². The summed E-state index contributed by atoms with van der Waals surface area (Å²) in [6.07, 6.45) is 3.25. The number of fused-ring (bicyclic) bond motifs is 1. The van der Waals surface area contributed by atoms with E-state index in [4.69, 9.17) is 9.15 Å². The van der Waals surface area contributed by atoms with Gasteiger partial charge in [0.05, 0.1) is 5.56 Å². The summed E-state index contributed by atoms with van der Waals surface area (Å²) in [7, 11) is 0. The van der Waals surface area contributed by atoms with Gasteiger partial charge in [-0.2, -0.15) is 0 Å². The first-order valence-electron chi connectivity index (χ1n) is 9.59. The first kappa shape index (κ1) is 18.8. The number of ketones is 1. The molecule has 0 aliphatic carbocycles. The highest BCUT2D eigenvalue weighted by Gasteiger charge is 2.13. The summed E-state index contributed by atoms with van der Waals surface area (Å²) in [4.78, 5) is 12.9. The fraction of sp³-hybridized carbons (Fsp3) is 0.115. The summed E-state index contributed by atoms with van der Waals surface area (Å²) < 4.78 is 11.8. The number of rotatable bonds is 6. The van der Waals surface area contributed by atoms with Crippen LogP contribution < -0.4 is 4.74 Å². The van der Waals surface area contributed by atoms with Crippen LogP contribution in [0.1, 0.15) is 32.8 Å². The molecule has 0 aliphatic rings. The molecule has 0 unspecified atom stereocenters. The van der Waals surface area contributed by atoms with E-state index in [2.05, 4.69) is 0 Å². The molecule has 144 valence electrons. The molecule has 0 spiro atoms. The van der Waals surface area contributed by atoms with Gasteiger partial charge in [-0.3, -0.25) is 4.79 Å². The molecule has 0 aliphatic heterocycles. The molecule has 4 rings (SSSR count). The molecular weight excluding hydrogens is 360 g/mol. The molecule has 3 aromatic carbocycles. The standard InChI is InChI=1S/C26H22O3/c1-18-14-23(26(15-19(18)2)28-17-20-8-4-3-5-9-20)24(27)13-12-22-16-21-10-6-7-11-25(21)29-22/h3-16H,17H2,1-2H3. The third-order valence-electron chi connectivity index (χ3n) is 4.94. The summed E-state index contributed by atoms with van der Waals surface area (Å²) in [5.74, 6) is 1.13. The zero-order valence-electron chi connectivity index (χ0n) is 16.5. The van der Waals surface area contributed by atoms with E-state index in [-0.39, 0.29) is 5.78 Å². The van der Waals surface area contributed by atoms with Crippen LogP contribution in [0, 0.1) is 13.8 Å². The van der Waals surface area contributed by atoms with Crippen molar-refractivity contribution in [1.82, 2.24) is 0 Å². The Morgan fingerprint density at radius 1 is 0.931 bits per heavy atom. The number of para-hydroxylation sites is 1. The third kappa shape index (κ3) is 4.30. The first-order valence-corrected chi connectivity index (χ1v) is 9.59. The lowest BCUT2D eigenvalue weighted by Crippen LogP contribution is -2.04. The zero-order valence-corrected chi connectivity index (χ0v) is 16.5. The predicted molar refractivity (Wildman–Crippen MR) is 116 cm³/mol. The molecule has 1 aromatic heterocycles. The molecule has 4 aromatic rings. The van der Waals surface area contributed by atoms with Crippen molar-refractivity contribution in [3.8, 4) is 5.75 Å². The highest BCUT2D eigenvalue weighted by atomic mass is 16.5. The van der Waals surface area contributed by atoms with Crippen LogP contribution >= 0.6 is 0 Å². The van der Waals surface area contributed by atoms with Gasteiger partial charge in [0.15, 0.2) is 5.78 Å². The van der Waals surface area contributed by atoms with Crippen molar-refractivity contribution in [2.75, 3.05) is 0 Å². The molecule has 29 heavy (non-hydrogen) atoms. The van der Waals surface area contributed by atoms with Crippen LogP contribution in [-0.2, 0) is 6.61 Å². The normalized spacial score (nSPS) is 11.2. The maximum absolute atomic E-state index is 12.9. The Labute approximate surface area is 170 Å². The Hall–Kier alpha value is -3.59. The lowest BCUT2D eigenvalue weighted by Gasteiger charge is -2.13. The second kappa shape index (κ2) is 8.19. The average molecular weight is 382 g/mol. The van der Waals surface area contributed by atoms with Crippen molar-refractivity contribution in [2.24, 2.45) is 0 Å².